The number of amides is 1. The molecule has 2 aliphatic rings. The lowest BCUT2D eigenvalue weighted by Crippen LogP contribution is -2.55. The van der Waals surface area contributed by atoms with Crippen LogP contribution >= 0.6 is 0 Å². The lowest BCUT2D eigenvalue weighted by Gasteiger charge is -2.39. The number of carbonyl (C=O) groups excluding carboxylic acids is 1. The van der Waals surface area contributed by atoms with Gasteiger partial charge in [-0.1, -0.05) is 48.5 Å². The number of piperazine rings is 1. The number of likely N-dealkylation sites (tertiary alicyclic amines) is 1. The zero-order chi connectivity index (χ0) is 29.5. The maximum atomic E-state index is 14.8. The van der Waals surface area contributed by atoms with Gasteiger partial charge in [-0.25, -0.2) is 8.78 Å². The van der Waals surface area contributed by atoms with E-state index in [9.17, 15) is 13.6 Å². The number of rotatable bonds is 10. The molecule has 0 bridgehead atoms. The molecule has 224 valence electrons. The van der Waals surface area contributed by atoms with Gasteiger partial charge in [-0.15, -0.1) is 0 Å². The molecule has 2 fully saturated rings. The summed E-state index contributed by atoms with van der Waals surface area (Å²) in [6.45, 7) is 7.77. The number of nitrogens with two attached hydrogens (primary N) is 1. The Morgan fingerprint density at radius 1 is 0.857 bits per heavy atom. The highest BCUT2D eigenvalue weighted by Gasteiger charge is 2.33. The summed E-state index contributed by atoms with van der Waals surface area (Å²) in [7, 11) is 0. The Balaban J connectivity index is 1.09. The van der Waals surface area contributed by atoms with Gasteiger partial charge in [0.2, 0.25) is 5.91 Å². The monoisotopic (exact) mass is 576 g/mol. The lowest BCUT2D eigenvalue weighted by atomic mass is 9.88. The summed E-state index contributed by atoms with van der Waals surface area (Å²) in [6.07, 6.45) is 2.34. The van der Waals surface area contributed by atoms with Crippen LogP contribution in [0.15, 0.2) is 66.7 Å². The van der Waals surface area contributed by atoms with E-state index in [4.69, 9.17) is 10.5 Å². The fraction of sp³-hybridized carbons (Fsp3) is 0.441. The molecule has 1 atom stereocenters. The third kappa shape index (κ3) is 7.17. The quantitative estimate of drug-likeness (QED) is 0.370. The predicted molar refractivity (Wildman–Crippen MR) is 162 cm³/mol. The van der Waals surface area contributed by atoms with Crippen LogP contribution in [0.2, 0.25) is 0 Å². The first kappa shape index (κ1) is 30.1. The first-order valence-corrected chi connectivity index (χ1v) is 15.2. The van der Waals surface area contributed by atoms with Crippen LogP contribution in [0.4, 0.5) is 8.78 Å². The summed E-state index contributed by atoms with van der Waals surface area (Å²) in [5.41, 5.74) is 9.82. The van der Waals surface area contributed by atoms with Crippen LogP contribution in [0.5, 0.6) is 5.75 Å². The molecule has 3 aromatic carbocycles. The number of carbonyl (C=O) groups is 1. The largest absolute Gasteiger partial charge is 0.493 e. The lowest BCUT2D eigenvalue weighted by molar-refractivity contribution is -0.136. The van der Waals surface area contributed by atoms with E-state index in [2.05, 4.69) is 9.80 Å². The minimum Gasteiger partial charge on any atom is -0.493 e. The summed E-state index contributed by atoms with van der Waals surface area (Å²) >= 11 is 0. The van der Waals surface area contributed by atoms with Crippen molar-refractivity contribution < 1.29 is 18.3 Å². The Bertz CT molecular complexity index is 1320. The molecule has 0 unspecified atom stereocenters. The first-order chi connectivity index (χ1) is 20.4. The van der Waals surface area contributed by atoms with Gasteiger partial charge < -0.3 is 20.3 Å². The Labute approximate surface area is 248 Å². The predicted octanol–water partition coefficient (Wildman–Crippen LogP) is 4.96. The maximum absolute atomic E-state index is 14.8. The molecule has 2 N–H and O–H groups in total. The van der Waals surface area contributed by atoms with Gasteiger partial charge in [-0.05, 0) is 80.1 Å². The zero-order valence-corrected chi connectivity index (χ0v) is 24.5. The van der Waals surface area contributed by atoms with Crippen LogP contribution in [0.25, 0.3) is 11.1 Å². The molecule has 2 heterocycles. The van der Waals surface area contributed by atoms with Gasteiger partial charge in [-0.3, -0.25) is 9.69 Å². The number of hydrogen-bond acceptors (Lipinski definition) is 5. The minimum atomic E-state index is -0.522. The molecule has 0 radical (unpaired) electrons. The normalized spacial score (nSPS) is 17.8. The number of nitrogens with zero attached hydrogens (tertiary/aromatic N) is 3. The van der Waals surface area contributed by atoms with Gasteiger partial charge in [0.15, 0.2) is 0 Å². The highest BCUT2D eigenvalue weighted by molar-refractivity contribution is 5.82. The molecule has 8 heteroatoms. The Kier molecular flexibility index (Phi) is 10.2. The fourth-order valence-corrected chi connectivity index (χ4v) is 6.25. The van der Waals surface area contributed by atoms with Crippen LogP contribution in [0.1, 0.15) is 30.9 Å². The van der Waals surface area contributed by atoms with Crippen LogP contribution in [0.3, 0.4) is 0 Å². The Hall–Kier alpha value is -3.33. The molecular weight excluding hydrogens is 534 g/mol. The number of ether oxygens (including phenoxy) is 1. The molecular formula is C34H42F2N4O2. The second-order valence-electron chi connectivity index (χ2n) is 11.3. The van der Waals surface area contributed by atoms with E-state index in [1.807, 2.05) is 48.2 Å². The summed E-state index contributed by atoms with van der Waals surface area (Å²) in [6, 6.07) is 19.7. The van der Waals surface area contributed by atoms with Crippen LogP contribution in [-0.2, 0) is 17.8 Å². The molecule has 0 aromatic heterocycles. The molecule has 5 rings (SSSR count). The molecule has 6 nitrogen and oxygen atoms in total. The Morgan fingerprint density at radius 2 is 1.52 bits per heavy atom. The van der Waals surface area contributed by atoms with Crippen molar-refractivity contribution >= 4 is 5.91 Å². The van der Waals surface area contributed by atoms with Crippen molar-refractivity contribution in [2.24, 2.45) is 11.7 Å². The number of benzene rings is 3. The standard InChI is InChI=1S/C34H42F2N4O2/c1-2-42-32-13-7-12-31(36)29(32)24-39-20-22-40(23-21-39)34(41)33(37)26-14-17-38(18-15-26)19-16-28-27(10-6-11-30(28)35)25-8-4-3-5-9-25/h3-13,26,33H,2,14-24,37H2,1H3/t33-/m1/s1. The molecule has 42 heavy (non-hydrogen) atoms. The Morgan fingerprint density at radius 3 is 2.21 bits per heavy atom. The third-order valence-corrected chi connectivity index (χ3v) is 8.75. The summed E-state index contributed by atoms with van der Waals surface area (Å²) < 4.78 is 35.0. The zero-order valence-electron chi connectivity index (χ0n) is 24.5. The van der Waals surface area contributed by atoms with Crippen molar-refractivity contribution in [3.8, 4) is 16.9 Å². The van der Waals surface area contributed by atoms with Crippen molar-refractivity contribution in [2.45, 2.75) is 38.8 Å². The highest BCUT2D eigenvalue weighted by atomic mass is 19.1. The van der Waals surface area contributed by atoms with Crippen LogP contribution in [-0.4, -0.2) is 79.1 Å². The smallest absolute Gasteiger partial charge is 0.239 e. The van der Waals surface area contributed by atoms with Crippen molar-refractivity contribution in [3.05, 3.63) is 89.5 Å². The molecule has 0 spiro atoms. The topological polar surface area (TPSA) is 62.0 Å². The summed E-state index contributed by atoms with van der Waals surface area (Å²) in [5, 5.41) is 0. The van der Waals surface area contributed by atoms with Gasteiger partial charge in [0.1, 0.15) is 17.4 Å². The van der Waals surface area contributed by atoms with Gasteiger partial charge >= 0.3 is 0 Å². The molecule has 2 saturated heterocycles. The second-order valence-corrected chi connectivity index (χ2v) is 11.3. The second kappa shape index (κ2) is 14.2. The van der Waals surface area contributed by atoms with Crippen molar-refractivity contribution in [1.29, 1.82) is 0 Å². The highest BCUT2D eigenvalue weighted by Crippen LogP contribution is 2.28. The van der Waals surface area contributed by atoms with E-state index >= 15 is 0 Å². The van der Waals surface area contributed by atoms with E-state index in [1.54, 1.807) is 18.2 Å². The van der Waals surface area contributed by atoms with Crippen molar-refractivity contribution in [3.63, 3.8) is 0 Å². The van der Waals surface area contributed by atoms with Crippen LogP contribution in [0, 0.1) is 17.6 Å². The van der Waals surface area contributed by atoms with Crippen molar-refractivity contribution in [2.75, 3.05) is 52.4 Å². The van der Waals surface area contributed by atoms with Crippen molar-refractivity contribution in [1.82, 2.24) is 14.7 Å². The summed E-state index contributed by atoms with van der Waals surface area (Å²) in [4.78, 5) is 19.7. The van der Waals surface area contributed by atoms with Gasteiger partial charge in [0.25, 0.3) is 0 Å². The van der Waals surface area contributed by atoms with E-state index in [0.29, 0.717) is 57.1 Å². The molecule has 0 aliphatic carbocycles. The average molecular weight is 577 g/mol. The number of piperidine rings is 1. The van der Waals surface area contributed by atoms with Gasteiger partial charge in [0, 0.05) is 44.8 Å². The van der Waals surface area contributed by atoms with E-state index in [-0.39, 0.29) is 23.5 Å². The fourth-order valence-electron chi connectivity index (χ4n) is 6.25. The van der Waals surface area contributed by atoms with Gasteiger partial charge in [0.05, 0.1) is 12.6 Å². The SMILES string of the molecule is CCOc1cccc(F)c1CN1CCN(C(=O)[C@H](N)C2CCN(CCc3c(F)cccc3-c3ccccc3)CC2)CC1. The van der Waals surface area contributed by atoms with Gasteiger partial charge in [-0.2, -0.15) is 0 Å². The molecule has 0 saturated carbocycles. The van der Waals surface area contributed by atoms with E-state index in [1.165, 1.54) is 12.1 Å². The molecule has 2 aliphatic heterocycles. The minimum absolute atomic E-state index is 0.00727. The van der Waals surface area contributed by atoms with Crippen LogP contribution < -0.4 is 10.5 Å². The average Bonchev–Trinajstić information content (AvgIpc) is 3.02. The maximum Gasteiger partial charge on any atom is 0.239 e. The van der Waals surface area contributed by atoms with E-state index < -0.39 is 6.04 Å². The number of halogens is 2. The molecule has 3 aromatic rings. The summed E-state index contributed by atoms with van der Waals surface area (Å²) in [5.74, 6) is 0.288. The van der Waals surface area contributed by atoms with E-state index in [0.717, 1.165) is 49.2 Å². The third-order valence-electron chi connectivity index (χ3n) is 8.75. The number of hydrogen-bond donors (Lipinski definition) is 1. The first-order valence-electron chi connectivity index (χ1n) is 15.2. The molecule has 1 amide bonds.